The summed E-state index contributed by atoms with van der Waals surface area (Å²) in [5, 5.41) is 16.3. The fourth-order valence-corrected chi connectivity index (χ4v) is 3.15. The number of guanidine groups is 1. The molecule has 3 N–H and O–H groups in total. The zero-order valence-electron chi connectivity index (χ0n) is 17.9. The highest BCUT2D eigenvalue weighted by atomic mass is 127. The lowest BCUT2D eigenvalue weighted by Gasteiger charge is -2.19. The number of hydrogen-bond acceptors (Lipinski definition) is 4. The van der Waals surface area contributed by atoms with Crippen LogP contribution in [0.4, 0.5) is 0 Å². The second-order valence-electron chi connectivity index (χ2n) is 6.58. The molecule has 0 heterocycles. The van der Waals surface area contributed by atoms with Crippen LogP contribution in [0.1, 0.15) is 22.6 Å². The molecule has 164 valence electrons. The van der Waals surface area contributed by atoms with E-state index in [1.807, 2.05) is 42.5 Å². The maximum atomic E-state index is 9.73. The molecule has 1 atom stereocenters. The van der Waals surface area contributed by atoms with Crippen molar-refractivity contribution < 1.29 is 14.6 Å². The van der Waals surface area contributed by atoms with Gasteiger partial charge in [0, 0.05) is 31.6 Å². The van der Waals surface area contributed by atoms with Gasteiger partial charge in [0.25, 0.3) is 0 Å². The van der Waals surface area contributed by atoms with Crippen LogP contribution in [-0.2, 0) is 13.0 Å². The van der Waals surface area contributed by atoms with Crippen molar-refractivity contribution in [1.82, 2.24) is 10.6 Å². The second-order valence-corrected chi connectivity index (χ2v) is 6.58. The Bertz CT molecular complexity index is 813. The minimum Gasteiger partial charge on any atom is -0.493 e. The van der Waals surface area contributed by atoms with Gasteiger partial charge in [-0.15, -0.1) is 30.6 Å². The molecule has 0 aliphatic heterocycles. The van der Waals surface area contributed by atoms with Crippen LogP contribution in [0.15, 0.2) is 60.1 Å². The molecular formula is C23H32IN3O3. The summed E-state index contributed by atoms with van der Waals surface area (Å²) >= 11 is 0. The number of ether oxygens (including phenoxy) is 2. The number of benzene rings is 2. The van der Waals surface area contributed by atoms with Crippen LogP contribution in [0.5, 0.6) is 11.5 Å². The van der Waals surface area contributed by atoms with E-state index in [9.17, 15) is 5.11 Å². The van der Waals surface area contributed by atoms with E-state index in [0.717, 1.165) is 22.4 Å². The molecule has 2 rings (SSSR count). The van der Waals surface area contributed by atoms with Gasteiger partial charge in [0.2, 0.25) is 0 Å². The van der Waals surface area contributed by atoms with Crippen molar-refractivity contribution in [3.8, 4) is 11.5 Å². The Balaban J connectivity index is 0.00000450. The van der Waals surface area contributed by atoms with Crippen molar-refractivity contribution in [2.24, 2.45) is 4.99 Å². The van der Waals surface area contributed by atoms with E-state index in [0.29, 0.717) is 31.2 Å². The molecule has 0 aliphatic rings. The van der Waals surface area contributed by atoms with Gasteiger partial charge in [-0.3, -0.25) is 4.99 Å². The van der Waals surface area contributed by atoms with Gasteiger partial charge < -0.3 is 25.2 Å². The molecule has 0 radical (unpaired) electrons. The number of nitrogens with zero attached hydrogens (tertiary/aromatic N) is 1. The summed E-state index contributed by atoms with van der Waals surface area (Å²) < 4.78 is 11.0. The van der Waals surface area contributed by atoms with Gasteiger partial charge in [0.15, 0.2) is 17.5 Å². The van der Waals surface area contributed by atoms with Crippen LogP contribution in [0, 0.1) is 0 Å². The number of halogens is 1. The van der Waals surface area contributed by atoms with E-state index in [1.54, 1.807) is 21.3 Å². The minimum atomic E-state index is -0.00461. The summed E-state index contributed by atoms with van der Waals surface area (Å²) in [5.74, 6) is 2.08. The molecule has 0 bridgehead atoms. The predicted octanol–water partition coefficient (Wildman–Crippen LogP) is 3.49. The number of allylic oxidation sites excluding steroid dienone is 1. The summed E-state index contributed by atoms with van der Waals surface area (Å²) in [6, 6.07) is 14.0. The van der Waals surface area contributed by atoms with Crippen LogP contribution in [0.2, 0.25) is 0 Å². The van der Waals surface area contributed by atoms with Crippen molar-refractivity contribution in [2.45, 2.75) is 18.9 Å². The number of nitrogens with one attached hydrogen (secondary N) is 2. The Morgan fingerprint density at radius 3 is 2.47 bits per heavy atom. The van der Waals surface area contributed by atoms with Crippen molar-refractivity contribution in [1.29, 1.82) is 0 Å². The zero-order chi connectivity index (χ0) is 21.1. The first kappa shape index (κ1) is 25.8. The second kappa shape index (κ2) is 13.9. The first-order valence-corrected chi connectivity index (χ1v) is 9.61. The van der Waals surface area contributed by atoms with Gasteiger partial charge in [-0.1, -0.05) is 36.4 Å². The third-order valence-corrected chi connectivity index (χ3v) is 4.67. The average molecular weight is 525 g/mol. The van der Waals surface area contributed by atoms with E-state index < -0.39 is 0 Å². The van der Waals surface area contributed by atoms with Crippen molar-refractivity contribution in [2.75, 3.05) is 34.4 Å². The lowest BCUT2D eigenvalue weighted by atomic mass is 10.0. The lowest BCUT2D eigenvalue weighted by molar-refractivity contribution is 0.265. The van der Waals surface area contributed by atoms with Gasteiger partial charge in [-0.2, -0.15) is 0 Å². The van der Waals surface area contributed by atoms with Gasteiger partial charge in [0.1, 0.15) is 0 Å². The zero-order valence-corrected chi connectivity index (χ0v) is 20.2. The summed E-state index contributed by atoms with van der Waals surface area (Å²) in [5.41, 5.74) is 3.15. The van der Waals surface area contributed by atoms with Gasteiger partial charge in [-0.05, 0) is 29.7 Å². The Labute approximate surface area is 196 Å². The maximum absolute atomic E-state index is 9.73. The SMILES string of the molecule is C=CCc1cc(CNC(=NC)NCC(CO)c2ccccc2)cc(OC)c1OC.I. The van der Waals surface area contributed by atoms with Crippen LogP contribution in [0.25, 0.3) is 0 Å². The molecular weight excluding hydrogens is 493 g/mol. The van der Waals surface area contributed by atoms with E-state index in [1.165, 1.54) is 0 Å². The van der Waals surface area contributed by atoms with E-state index >= 15 is 0 Å². The highest BCUT2D eigenvalue weighted by molar-refractivity contribution is 14.0. The summed E-state index contributed by atoms with van der Waals surface area (Å²) in [6.07, 6.45) is 2.53. The van der Waals surface area contributed by atoms with Gasteiger partial charge in [0.05, 0.1) is 20.8 Å². The van der Waals surface area contributed by atoms with Gasteiger partial charge in [-0.25, -0.2) is 0 Å². The fraction of sp³-hybridized carbons (Fsp3) is 0.348. The highest BCUT2D eigenvalue weighted by Gasteiger charge is 2.13. The number of rotatable bonds is 10. The number of aliphatic hydroxyl groups excluding tert-OH is 1. The Hall–Kier alpha value is -2.26. The topological polar surface area (TPSA) is 75.1 Å². The fourth-order valence-electron chi connectivity index (χ4n) is 3.15. The lowest BCUT2D eigenvalue weighted by Crippen LogP contribution is -2.39. The van der Waals surface area contributed by atoms with Crippen LogP contribution in [0.3, 0.4) is 0 Å². The molecule has 7 heteroatoms. The normalized spacial score (nSPS) is 11.8. The summed E-state index contributed by atoms with van der Waals surface area (Å²) in [4.78, 5) is 4.28. The summed E-state index contributed by atoms with van der Waals surface area (Å²) in [7, 11) is 4.99. The molecule has 0 spiro atoms. The van der Waals surface area contributed by atoms with Crippen LogP contribution < -0.4 is 20.1 Å². The number of aliphatic imine (C=N–C) groups is 1. The number of aliphatic hydroxyl groups is 1. The van der Waals surface area contributed by atoms with E-state index in [4.69, 9.17) is 9.47 Å². The monoisotopic (exact) mass is 525 g/mol. The molecule has 0 saturated heterocycles. The Kier molecular flexibility index (Phi) is 11.9. The first-order valence-electron chi connectivity index (χ1n) is 9.61. The van der Waals surface area contributed by atoms with Crippen LogP contribution >= 0.6 is 24.0 Å². The average Bonchev–Trinajstić information content (AvgIpc) is 2.76. The Morgan fingerprint density at radius 1 is 1.17 bits per heavy atom. The van der Waals surface area contributed by atoms with Crippen molar-refractivity contribution in [3.63, 3.8) is 0 Å². The number of methoxy groups -OCH3 is 2. The molecule has 30 heavy (non-hydrogen) atoms. The molecule has 6 nitrogen and oxygen atoms in total. The minimum absolute atomic E-state index is 0. The molecule has 2 aromatic carbocycles. The molecule has 0 saturated carbocycles. The van der Waals surface area contributed by atoms with Crippen molar-refractivity contribution >= 4 is 29.9 Å². The predicted molar refractivity (Wildman–Crippen MR) is 133 cm³/mol. The molecule has 0 aliphatic carbocycles. The Morgan fingerprint density at radius 2 is 1.90 bits per heavy atom. The van der Waals surface area contributed by atoms with Crippen LogP contribution in [-0.4, -0.2) is 45.5 Å². The quantitative estimate of drug-likeness (QED) is 0.192. The molecule has 0 fully saturated rings. The highest BCUT2D eigenvalue weighted by Crippen LogP contribution is 2.33. The molecule has 0 aromatic heterocycles. The first-order chi connectivity index (χ1) is 14.2. The van der Waals surface area contributed by atoms with E-state index in [-0.39, 0.29) is 36.5 Å². The molecule has 2 aromatic rings. The van der Waals surface area contributed by atoms with Crippen molar-refractivity contribution in [3.05, 3.63) is 71.8 Å². The number of hydrogen-bond donors (Lipinski definition) is 3. The maximum Gasteiger partial charge on any atom is 0.191 e. The summed E-state index contributed by atoms with van der Waals surface area (Å²) in [6.45, 7) is 5.03. The molecule has 0 amide bonds. The third-order valence-electron chi connectivity index (χ3n) is 4.67. The third kappa shape index (κ3) is 7.21. The van der Waals surface area contributed by atoms with Gasteiger partial charge >= 0.3 is 0 Å². The molecule has 1 unspecified atom stereocenters. The smallest absolute Gasteiger partial charge is 0.191 e. The largest absolute Gasteiger partial charge is 0.493 e. The standard InChI is InChI=1S/C23H31N3O3.HI/c1-5-9-19-12-17(13-21(28-3)22(19)29-4)14-25-23(24-2)26-15-20(16-27)18-10-7-6-8-11-18;/h5-8,10-13,20,27H,1,9,14-16H2,2-4H3,(H2,24,25,26);1H. The van der Waals surface area contributed by atoms with E-state index in [2.05, 4.69) is 28.3 Å².